The molecule has 0 aromatic carbocycles. The summed E-state index contributed by atoms with van der Waals surface area (Å²) in [5.41, 5.74) is 1.04. The molecule has 21 heavy (non-hydrogen) atoms. The zero-order valence-corrected chi connectivity index (χ0v) is 13.2. The van der Waals surface area contributed by atoms with Gasteiger partial charge in [-0.1, -0.05) is 0 Å². The van der Waals surface area contributed by atoms with Crippen LogP contribution in [0.5, 0.6) is 0 Å². The topological polar surface area (TPSA) is 84.0 Å². The molecule has 0 saturated carbocycles. The summed E-state index contributed by atoms with van der Waals surface area (Å²) in [6.07, 6.45) is 5.67. The fourth-order valence-electron chi connectivity index (χ4n) is 2.28. The third kappa shape index (κ3) is 3.01. The van der Waals surface area contributed by atoms with Crippen LogP contribution < -0.4 is 10.0 Å². The molecule has 3 rings (SSSR count). The first-order chi connectivity index (χ1) is 10.1. The first kappa shape index (κ1) is 14.3. The molecular formula is C13H16N4O2S2. The number of aryl methyl sites for hydroxylation is 2. The van der Waals surface area contributed by atoms with Crippen molar-refractivity contribution in [3.8, 4) is 0 Å². The fraction of sp³-hybridized carbons (Fsp3) is 0.385. The molecule has 2 aromatic heterocycles. The lowest BCUT2D eigenvalue weighted by Crippen LogP contribution is -2.13. The molecule has 2 aromatic rings. The zero-order valence-electron chi connectivity index (χ0n) is 11.6. The van der Waals surface area contributed by atoms with Gasteiger partial charge in [0.15, 0.2) is 5.13 Å². The fourth-order valence-corrected chi connectivity index (χ4v) is 4.58. The van der Waals surface area contributed by atoms with Crippen LogP contribution in [0.4, 0.5) is 10.9 Å². The van der Waals surface area contributed by atoms with Crippen molar-refractivity contribution in [2.75, 3.05) is 17.1 Å². The minimum atomic E-state index is -3.63. The Labute approximate surface area is 127 Å². The van der Waals surface area contributed by atoms with E-state index in [-0.39, 0.29) is 4.90 Å². The number of rotatable bonds is 4. The number of aromatic nitrogens is 2. The molecule has 0 atom stereocenters. The number of hydrogen-bond donors (Lipinski definition) is 2. The van der Waals surface area contributed by atoms with Gasteiger partial charge in [-0.2, -0.15) is 0 Å². The molecule has 0 amide bonds. The normalized spacial score (nSPS) is 14.5. The Morgan fingerprint density at radius 3 is 2.86 bits per heavy atom. The van der Waals surface area contributed by atoms with Crippen LogP contribution in [0.15, 0.2) is 23.2 Å². The third-order valence-corrected chi connectivity index (χ3v) is 5.90. The average molecular weight is 324 g/mol. The predicted octanol–water partition coefficient (Wildman–Crippen LogP) is 2.26. The molecule has 0 bridgehead atoms. The van der Waals surface area contributed by atoms with E-state index in [0.717, 1.165) is 31.4 Å². The summed E-state index contributed by atoms with van der Waals surface area (Å²) < 4.78 is 27.3. The van der Waals surface area contributed by atoms with E-state index in [0.29, 0.717) is 10.9 Å². The van der Waals surface area contributed by atoms with Crippen molar-refractivity contribution in [1.29, 1.82) is 0 Å². The van der Waals surface area contributed by atoms with Crippen LogP contribution in [0, 0.1) is 0 Å². The Bertz CT molecular complexity index is 732. The van der Waals surface area contributed by atoms with Gasteiger partial charge in [0.2, 0.25) is 0 Å². The standard InChI is InChI=1S/C13H16N4O2S2/c1-14-12-8-9(6-7-15-12)21(18,19)17-13-16-10-4-2-3-5-11(10)20-13/h6-8H,2-5H2,1H3,(H,14,15)(H,16,17). The number of hydrogen-bond acceptors (Lipinski definition) is 6. The number of anilines is 2. The Balaban J connectivity index is 1.87. The molecule has 8 heteroatoms. The highest BCUT2D eigenvalue weighted by atomic mass is 32.2. The summed E-state index contributed by atoms with van der Waals surface area (Å²) in [7, 11) is -1.93. The molecule has 1 aliphatic carbocycles. The summed E-state index contributed by atoms with van der Waals surface area (Å²) >= 11 is 1.43. The third-order valence-electron chi connectivity index (χ3n) is 3.37. The lowest BCUT2D eigenvalue weighted by Gasteiger charge is -2.06. The molecule has 2 N–H and O–H groups in total. The minimum absolute atomic E-state index is 0.176. The number of nitrogens with one attached hydrogen (secondary N) is 2. The van der Waals surface area contributed by atoms with Crippen LogP contribution in [-0.2, 0) is 22.9 Å². The molecule has 112 valence electrons. The lowest BCUT2D eigenvalue weighted by atomic mass is 10.0. The largest absolute Gasteiger partial charge is 0.373 e. The van der Waals surface area contributed by atoms with Crippen molar-refractivity contribution in [2.45, 2.75) is 30.6 Å². The Morgan fingerprint density at radius 2 is 2.10 bits per heavy atom. The molecule has 1 aliphatic rings. The van der Waals surface area contributed by atoms with Gasteiger partial charge in [-0.05, 0) is 31.7 Å². The van der Waals surface area contributed by atoms with Gasteiger partial charge in [-0.25, -0.2) is 18.4 Å². The molecule has 0 saturated heterocycles. The average Bonchev–Trinajstić information content (AvgIpc) is 2.88. The second-order valence-electron chi connectivity index (χ2n) is 4.83. The highest BCUT2D eigenvalue weighted by Gasteiger charge is 2.20. The van der Waals surface area contributed by atoms with Crippen molar-refractivity contribution >= 4 is 32.3 Å². The minimum Gasteiger partial charge on any atom is -0.373 e. The van der Waals surface area contributed by atoms with Crippen LogP contribution in [0.1, 0.15) is 23.4 Å². The van der Waals surface area contributed by atoms with Crippen molar-refractivity contribution in [2.24, 2.45) is 0 Å². The van der Waals surface area contributed by atoms with E-state index in [1.54, 1.807) is 7.05 Å². The predicted molar refractivity (Wildman–Crippen MR) is 83.3 cm³/mol. The van der Waals surface area contributed by atoms with Crippen LogP contribution in [0.2, 0.25) is 0 Å². The van der Waals surface area contributed by atoms with Gasteiger partial charge in [0, 0.05) is 24.2 Å². The van der Waals surface area contributed by atoms with Gasteiger partial charge in [0.1, 0.15) is 5.82 Å². The molecule has 2 heterocycles. The quantitative estimate of drug-likeness (QED) is 0.901. The molecule has 0 radical (unpaired) electrons. The van der Waals surface area contributed by atoms with E-state index in [1.807, 2.05) is 0 Å². The van der Waals surface area contributed by atoms with E-state index in [1.165, 1.54) is 34.5 Å². The summed E-state index contributed by atoms with van der Waals surface area (Å²) in [5.74, 6) is 0.510. The van der Waals surface area contributed by atoms with E-state index < -0.39 is 10.0 Å². The summed E-state index contributed by atoms with van der Waals surface area (Å²) in [5, 5.41) is 3.28. The van der Waals surface area contributed by atoms with E-state index >= 15 is 0 Å². The van der Waals surface area contributed by atoms with Crippen molar-refractivity contribution < 1.29 is 8.42 Å². The number of fused-ring (bicyclic) bond motifs is 1. The monoisotopic (exact) mass is 324 g/mol. The molecule has 0 fully saturated rings. The van der Waals surface area contributed by atoms with E-state index in [4.69, 9.17) is 0 Å². The van der Waals surface area contributed by atoms with E-state index in [9.17, 15) is 8.42 Å². The number of nitrogens with zero attached hydrogens (tertiary/aromatic N) is 2. The summed E-state index contributed by atoms with van der Waals surface area (Å²) in [4.78, 5) is 9.79. The molecule has 0 unspecified atom stereocenters. The van der Waals surface area contributed by atoms with Gasteiger partial charge in [-0.3, -0.25) is 4.72 Å². The molecule has 0 spiro atoms. The zero-order chi connectivity index (χ0) is 14.9. The second kappa shape index (κ2) is 5.61. The van der Waals surface area contributed by atoms with Gasteiger partial charge in [0.25, 0.3) is 10.0 Å². The van der Waals surface area contributed by atoms with Crippen LogP contribution in [0.25, 0.3) is 0 Å². The molecule has 0 aliphatic heterocycles. The maximum Gasteiger partial charge on any atom is 0.263 e. The first-order valence-corrected chi connectivity index (χ1v) is 9.03. The van der Waals surface area contributed by atoms with E-state index in [2.05, 4.69) is 20.0 Å². The highest BCUT2D eigenvalue weighted by molar-refractivity contribution is 7.93. The maximum atomic E-state index is 12.4. The number of thiazole rings is 1. The smallest absolute Gasteiger partial charge is 0.263 e. The molecular weight excluding hydrogens is 308 g/mol. The van der Waals surface area contributed by atoms with Crippen LogP contribution in [-0.4, -0.2) is 25.4 Å². The van der Waals surface area contributed by atoms with Crippen molar-refractivity contribution in [3.63, 3.8) is 0 Å². The van der Waals surface area contributed by atoms with Gasteiger partial charge in [0.05, 0.1) is 10.6 Å². The van der Waals surface area contributed by atoms with Gasteiger partial charge in [-0.15, -0.1) is 11.3 Å². The lowest BCUT2D eigenvalue weighted by molar-refractivity contribution is 0.601. The van der Waals surface area contributed by atoms with Crippen molar-refractivity contribution in [3.05, 3.63) is 28.9 Å². The van der Waals surface area contributed by atoms with Crippen LogP contribution in [0.3, 0.4) is 0 Å². The summed E-state index contributed by atoms with van der Waals surface area (Å²) in [6, 6.07) is 2.96. The Morgan fingerprint density at radius 1 is 1.29 bits per heavy atom. The number of sulfonamides is 1. The maximum absolute atomic E-state index is 12.4. The Kier molecular flexibility index (Phi) is 3.81. The van der Waals surface area contributed by atoms with Gasteiger partial charge < -0.3 is 5.32 Å². The van der Waals surface area contributed by atoms with Crippen LogP contribution >= 0.6 is 11.3 Å². The van der Waals surface area contributed by atoms with Crippen molar-refractivity contribution in [1.82, 2.24) is 9.97 Å². The Hall–Kier alpha value is -1.67. The van der Waals surface area contributed by atoms with Gasteiger partial charge >= 0.3 is 0 Å². The number of pyridine rings is 1. The SMILES string of the molecule is CNc1cc(S(=O)(=O)Nc2nc3c(s2)CCCC3)ccn1. The molecule has 6 nitrogen and oxygen atoms in total. The second-order valence-corrected chi connectivity index (χ2v) is 7.59. The first-order valence-electron chi connectivity index (χ1n) is 6.74. The highest BCUT2D eigenvalue weighted by Crippen LogP contribution is 2.30. The summed E-state index contributed by atoms with van der Waals surface area (Å²) in [6.45, 7) is 0.